The summed E-state index contributed by atoms with van der Waals surface area (Å²) in [5, 5.41) is 9.05. The van der Waals surface area contributed by atoms with E-state index in [2.05, 4.69) is 6.07 Å². The van der Waals surface area contributed by atoms with E-state index in [4.69, 9.17) is 10.00 Å². The van der Waals surface area contributed by atoms with E-state index in [-0.39, 0.29) is 17.7 Å². The predicted octanol–water partition coefficient (Wildman–Crippen LogP) is 3.69. The average Bonchev–Trinajstić information content (AvgIpc) is 2.65. The van der Waals surface area contributed by atoms with Crippen molar-refractivity contribution in [3.63, 3.8) is 0 Å². The molecule has 0 atom stereocenters. The molecule has 0 unspecified atom stereocenters. The molecule has 0 bridgehead atoms. The van der Waals surface area contributed by atoms with Gasteiger partial charge in [-0.25, -0.2) is 0 Å². The first-order chi connectivity index (χ1) is 11.8. The van der Waals surface area contributed by atoms with Gasteiger partial charge < -0.3 is 9.64 Å². The molecule has 2 aromatic rings. The van der Waals surface area contributed by atoms with Gasteiger partial charge in [0.1, 0.15) is 11.5 Å². The van der Waals surface area contributed by atoms with Crippen molar-refractivity contribution >= 4 is 5.91 Å². The third-order valence-electron chi connectivity index (χ3n) is 4.92. The van der Waals surface area contributed by atoms with E-state index in [1.54, 1.807) is 0 Å². The molecule has 4 nitrogen and oxygen atoms in total. The average molecular weight is 318 g/mol. The number of piperidine rings is 1. The van der Waals surface area contributed by atoms with Crippen molar-refractivity contribution in [2.24, 2.45) is 5.92 Å². The Bertz CT molecular complexity index is 771. The van der Waals surface area contributed by atoms with Gasteiger partial charge in [-0.2, -0.15) is 5.26 Å². The van der Waals surface area contributed by atoms with E-state index in [1.807, 2.05) is 53.4 Å². The minimum absolute atomic E-state index is 0.0725. The number of carbonyl (C=O) groups is 1. The number of nitrogens with zero attached hydrogens (tertiary/aromatic N) is 2. The van der Waals surface area contributed by atoms with Gasteiger partial charge in [-0.15, -0.1) is 0 Å². The zero-order valence-electron chi connectivity index (χ0n) is 13.3. The summed E-state index contributed by atoms with van der Waals surface area (Å²) in [6.07, 6.45) is 1.52. The second-order valence-corrected chi connectivity index (χ2v) is 6.34. The van der Waals surface area contributed by atoms with Gasteiger partial charge in [0.15, 0.2) is 0 Å². The molecular formula is C20H18N2O2. The van der Waals surface area contributed by atoms with E-state index in [0.29, 0.717) is 13.1 Å². The molecule has 0 aromatic heterocycles. The summed E-state index contributed by atoms with van der Waals surface area (Å²) in [7, 11) is 0. The number of hydrogen-bond acceptors (Lipinski definition) is 3. The topological polar surface area (TPSA) is 53.3 Å². The molecule has 1 saturated heterocycles. The highest BCUT2D eigenvalue weighted by molar-refractivity contribution is 5.89. The van der Waals surface area contributed by atoms with Crippen molar-refractivity contribution in [2.75, 3.05) is 13.1 Å². The van der Waals surface area contributed by atoms with E-state index in [1.165, 1.54) is 0 Å². The smallest absolute Gasteiger partial charge is 0.234 e. The largest absolute Gasteiger partial charge is 0.457 e. The lowest BCUT2D eigenvalue weighted by molar-refractivity contribution is -0.133. The Balaban J connectivity index is 1.70. The van der Waals surface area contributed by atoms with Crippen LogP contribution in [0.2, 0.25) is 0 Å². The fourth-order valence-corrected chi connectivity index (χ4v) is 3.59. The van der Waals surface area contributed by atoms with Crippen molar-refractivity contribution in [1.29, 1.82) is 5.26 Å². The standard InChI is InChI=1S/C20H18N2O2/c21-13-14-9-11-22(12-10-14)20(23)19-15-5-1-3-7-17(15)24-18-8-4-2-6-16(18)19/h1-8,14,19H,9-12H2. The highest BCUT2D eigenvalue weighted by Crippen LogP contribution is 2.44. The minimum Gasteiger partial charge on any atom is -0.457 e. The molecule has 0 radical (unpaired) electrons. The molecule has 2 aliphatic rings. The summed E-state index contributed by atoms with van der Waals surface area (Å²) in [6, 6.07) is 17.8. The van der Waals surface area contributed by atoms with Crippen LogP contribution in [-0.4, -0.2) is 23.9 Å². The second-order valence-electron chi connectivity index (χ2n) is 6.34. The van der Waals surface area contributed by atoms with Crippen LogP contribution in [0.15, 0.2) is 48.5 Å². The molecule has 24 heavy (non-hydrogen) atoms. The first-order valence-corrected chi connectivity index (χ1v) is 8.32. The quantitative estimate of drug-likeness (QED) is 0.806. The highest BCUT2D eigenvalue weighted by Gasteiger charge is 2.36. The van der Waals surface area contributed by atoms with Crippen LogP contribution in [0.25, 0.3) is 0 Å². The van der Waals surface area contributed by atoms with Crippen LogP contribution in [0.3, 0.4) is 0 Å². The molecule has 0 spiro atoms. The Morgan fingerprint density at radius 1 is 1.00 bits per heavy atom. The molecule has 4 heteroatoms. The number of rotatable bonds is 1. The maximum Gasteiger partial charge on any atom is 0.234 e. The normalized spacial score (nSPS) is 17.4. The number of hydrogen-bond donors (Lipinski definition) is 0. The highest BCUT2D eigenvalue weighted by atomic mass is 16.5. The zero-order chi connectivity index (χ0) is 16.5. The molecule has 2 aliphatic heterocycles. The number of para-hydroxylation sites is 2. The Morgan fingerprint density at radius 3 is 2.08 bits per heavy atom. The maximum absolute atomic E-state index is 13.3. The molecule has 0 N–H and O–H groups in total. The fourth-order valence-electron chi connectivity index (χ4n) is 3.59. The Kier molecular flexibility index (Phi) is 3.70. The molecule has 120 valence electrons. The van der Waals surface area contributed by atoms with Crippen molar-refractivity contribution < 1.29 is 9.53 Å². The summed E-state index contributed by atoms with van der Waals surface area (Å²) in [5.41, 5.74) is 1.84. The molecule has 2 aromatic carbocycles. The lowest BCUT2D eigenvalue weighted by Gasteiger charge is -2.35. The van der Waals surface area contributed by atoms with Crippen LogP contribution in [0.4, 0.5) is 0 Å². The monoisotopic (exact) mass is 318 g/mol. The van der Waals surface area contributed by atoms with E-state index in [9.17, 15) is 4.79 Å². The van der Waals surface area contributed by atoms with Gasteiger partial charge in [0, 0.05) is 30.1 Å². The van der Waals surface area contributed by atoms with Gasteiger partial charge in [-0.3, -0.25) is 4.79 Å². The van der Waals surface area contributed by atoms with Gasteiger partial charge in [-0.1, -0.05) is 36.4 Å². The molecule has 1 amide bonds. The number of fused-ring (bicyclic) bond motifs is 2. The molecular weight excluding hydrogens is 300 g/mol. The third-order valence-corrected chi connectivity index (χ3v) is 4.92. The van der Waals surface area contributed by atoms with Crippen molar-refractivity contribution in [1.82, 2.24) is 4.90 Å². The van der Waals surface area contributed by atoms with Crippen LogP contribution in [0.5, 0.6) is 11.5 Å². The van der Waals surface area contributed by atoms with Gasteiger partial charge >= 0.3 is 0 Å². The summed E-state index contributed by atoms with van der Waals surface area (Å²) in [5.74, 6) is 1.35. The number of ether oxygens (including phenoxy) is 1. The van der Waals surface area contributed by atoms with Gasteiger partial charge in [-0.05, 0) is 25.0 Å². The summed E-state index contributed by atoms with van der Waals surface area (Å²) >= 11 is 0. The molecule has 2 heterocycles. The Labute approximate surface area is 141 Å². The number of amides is 1. The maximum atomic E-state index is 13.3. The Morgan fingerprint density at radius 2 is 1.54 bits per heavy atom. The van der Waals surface area contributed by atoms with Crippen molar-refractivity contribution in [3.05, 3.63) is 59.7 Å². The summed E-state index contributed by atoms with van der Waals surface area (Å²) < 4.78 is 5.97. The number of likely N-dealkylation sites (tertiary alicyclic amines) is 1. The van der Waals surface area contributed by atoms with E-state index in [0.717, 1.165) is 35.5 Å². The first kappa shape index (κ1) is 14.8. The van der Waals surface area contributed by atoms with Crippen LogP contribution in [0, 0.1) is 17.2 Å². The number of carbonyl (C=O) groups excluding carboxylic acids is 1. The van der Waals surface area contributed by atoms with Crippen LogP contribution >= 0.6 is 0 Å². The van der Waals surface area contributed by atoms with Gasteiger partial charge in [0.05, 0.1) is 12.0 Å². The number of benzene rings is 2. The van der Waals surface area contributed by atoms with E-state index >= 15 is 0 Å². The van der Waals surface area contributed by atoms with Crippen LogP contribution < -0.4 is 4.74 Å². The zero-order valence-corrected chi connectivity index (χ0v) is 13.3. The van der Waals surface area contributed by atoms with Gasteiger partial charge in [0.2, 0.25) is 5.91 Å². The fraction of sp³-hybridized carbons (Fsp3) is 0.300. The summed E-state index contributed by atoms with van der Waals surface area (Å²) in [4.78, 5) is 15.2. The Hall–Kier alpha value is -2.80. The minimum atomic E-state index is -0.329. The van der Waals surface area contributed by atoms with Crippen LogP contribution in [0.1, 0.15) is 29.9 Å². The molecule has 0 saturated carbocycles. The second kappa shape index (κ2) is 6.01. The van der Waals surface area contributed by atoms with E-state index < -0.39 is 0 Å². The first-order valence-electron chi connectivity index (χ1n) is 8.32. The molecule has 4 rings (SSSR count). The lowest BCUT2D eigenvalue weighted by Crippen LogP contribution is -2.41. The summed E-state index contributed by atoms with van der Waals surface area (Å²) in [6.45, 7) is 1.30. The SMILES string of the molecule is N#CC1CCN(C(=O)C2c3ccccc3Oc3ccccc32)CC1. The third kappa shape index (κ3) is 2.43. The van der Waals surface area contributed by atoms with Gasteiger partial charge in [0.25, 0.3) is 0 Å². The van der Waals surface area contributed by atoms with Crippen molar-refractivity contribution in [3.8, 4) is 17.6 Å². The van der Waals surface area contributed by atoms with Crippen molar-refractivity contribution in [2.45, 2.75) is 18.8 Å². The predicted molar refractivity (Wildman–Crippen MR) is 89.7 cm³/mol. The molecule has 1 fully saturated rings. The molecule has 0 aliphatic carbocycles. The number of nitriles is 1. The lowest BCUT2D eigenvalue weighted by atomic mass is 9.86. The van der Waals surface area contributed by atoms with Crippen LogP contribution in [-0.2, 0) is 4.79 Å².